The van der Waals surface area contributed by atoms with Gasteiger partial charge in [-0.3, -0.25) is 9.36 Å². The molecule has 0 bridgehead atoms. The molecule has 0 aliphatic heterocycles. The Morgan fingerprint density at radius 2 is 1.55 bits per heavy atom. The summed E-state index contributed by atoms with van der Waals surface area (Å²) in [5.74, 6) is -0.929. The summed E-state index contributed by atoms with van der Waals surface area (Å²) < 4.78 is 117. The lowest BCUT2D eigenvalue weighted by Gasteiger charge is -2.19. The predicted octanol–water partition coefficient (Wildman–Crippen LogP) is 5.72. The first-order valence-corrected chi connectivity index (χ1v) is 7.87. The van der Waals surface area contributed by atoms with Crippen LogP contribution in [0, 0.1) is 0 Å². The van der Waals surface area contributed by atoms with Gasteiger partial charge in [0.25, 0.3) is 5.56 Å². The summed E-state index contributed by atoms with van der Waals surface area (Å²) in [6.45, 7) is 1.02. The molecule has 0 fully saturated rings. The van der Waals surface area contributed by atoms with Gasteiger partial charge >= 0.3 is 18.5 Å². The summed E-state index contributed by atoms with van der Waals surface area (Å²) in [6, 6.07) is 0.0769. The number of nitrogens with one attached hydrogen (secondary N) is 1. The maximum Gasteiger partial charge on any atom is 0.433 e. The smallest absolute Gasteiger partial charge is 0.324 e. The van der Waals surface area contributed by atoms with E-state index in [0.29, 0.717) is 4.57 Å². The Morgan fingerprint density at radius 1 is 0.966 bits per heavy atom. The number of nitrogens with zero attached hydrogens (tertiary/aromatic N) is 2. The average molecular weight is 454 g/mol. The number of anilines is 2. The molecule has 0 aliphatic rings. The molecule has 14 heteroatoms. The lowest BCUT2D eigenvalue weighted by atomic mass is 10.1. The number of alkyl halides is 9. The lowest BCUT2D eigenvalue weighted by Crippen LogP contribution is -2.26. The van der Waals surface area contributed by atoms with Crippen LogP contribution in [0.3, 0.4) is 0 Å². The zero-order valence-corrected chi connectivity index (χ0v) is 14.8. The van der Waals surface area contributed by atoms with Crippen molar-refractivity contribution in [3.05, 3.63) is 50.4 Å². The zero-order chi connectivity index (χ0) is 22.4. The van der Waals surface area contributed by atoms with Gasteiger partial charge in [-0.05, 0) is 19.1 Å². The fraction of sp³-hybridized carbons (Fsp3) is 0.333. The maximum atomic E-state index is 13.1. The van der Waals surface area contributed by atoms with Crippen LogP contribution in [0.25, 0.3) is 0 Å². The van der Waals surface area contributed by atoms with Gasteiger partial charge in [0.1, 0.15) is 0 Å². The highest BCUT2D eigenvalue weighted by Gasteiger charge is 2.40. The monoisotopic (exact) mass is 453 g/mol. The first-order chi connectivity index (χ1) is 13.1. The molecule has 0 spiro atoms. The summed E-state index contributed by atoms with van der Waals surface area (Å²) in [4.78, 5) is 15.0. The van der Waals surface area contributed by atoms with E-state index < -0.39 is 57.6 Å². The molecule has 0 aliphatic carbocycles. The quantitative estimate of drug-likeness (QED) is 0.605. The fourth-order valence-corrected chi connectivity index (χ4v) is 2.52. The molecule has 0 atom stereocenters. The molecular weight excluding hydrogens is 445 g/mol. The van der Waals surface area contributed by atoms with Crippen LogP contribution in [0.4, 0.5) is 51.1 Å². The molecule has 160 valence electrons. The number of hydrogen-bond donors (Lipinski definition) is 1. The van der Waals surface area contributed by atoms with E-state index in [0.717, 1.165) is 0 Å². The molecule has 0 unspecified atom stereocenters. The molecule has 0 saturated carbocycles. The average Bonchev–Trinajstić information content (AvgIpc) is 2.53. The molecule has 4 nitrogen and oxygen atoms in total. The van der Waals surface area contributed by atoms with Gasteiger partial charge in [-0.25, -0.2) is 4.98 Å². The van der Waals surface area contributed by atoms with Crippen molar-refractivity contribution < 1.29 is 39.5 Å². The molecular formula is C15H9ClF9N3O. The summed E-state index contributed by atoms with van der Waals surface area (Å²) in [6.07, 6.45) is -15.6. The van der Waals surface area contributed by atoms with Crippen LogP contribution >= 0.6 is 11.6 Å². The van der Waals surface area contributed by atoms with Crippen molar-refractivity contribution in [2.75, 3.05) is 5.32 Å². The highest BCUT2D eigenvalue weighted by molar-refractivity contribution is 6.34. The van der Waals surface area contributed by atoms with E-state index in [1.807, 2.05) is 5.32 Å². The van der Waals surface area contributed by atoms with Gasteiger partial charge in [-0.1, -0.05) is 11.6 Å². The molecule has 29 heavy (non-hydrogen) atoms. The Hall–Kier alpha value is -2.44. The van der Waals surface area contributed by atoms with Crippen molar-refractivity contribution in [1.29, 1.82) is 0 Å². The van der Waals surface area contributed by atoms with Gasteiger partial charge in [0.05, 0.1) is 21.8 Å². The molecule has 1 N–H and O–H groups in total. The predicted molar refractivity (Wildman–Crippen MR) is 83.9 cm³/mol. The fourth-order valence-electron chi connectivity index (χ4n) is 2.26. The number of halogens is 10. The van der Waals surface area contributed by atoms with Crippen LogP contribution < -0.4 is 10.9 Å². The van der Waals surface area contributed by atoms with Gasteiger partial charge in [0.15, 0.2) is 5.69 Å². The minimum Gasteiger partial charge on any atom is -0.324 e. The minimum absolute atomic E-state index is 0.142. The van der Waals surface area contributed by atoms with E-state index in [1.54, 1.807) is 0 Å². The standard InChI is InChI=1S/C15H9ClF9N3O/c1-2-28-10(29)5-9(15(23,24)25)27-12(28)26-8-4-6(13(17,18)19)3-7(11(8)16)14(20,21)22/h3-5H,2H2,1H3,(H,26,27). The molecule has 1 aromatic carbocycles. The Morgan fingerprint density at radius 3 is 2.00 bits per heavy atom. The highest BCUT2D eigenvalue weighted by atomic mass is 35.5. The van der Waals surface area contributed by atoms with Crippen molar-refractivity contribution in [3.8, 4) is 0 Å². The van der Waals surface area contributed by atoms with Crippen LogP contribution in [-0.4, -0.2) is 9.55 Å². The largest absolute Gasteiger partial charge is 0.433 e. The molecule has 1 heterocycles. The Kier molecular flexibility index (Phi) is 5.85. The molecule has 0 radical (unpaired) electrons. The third-order valence-corrected chi connectivity index (χ3v) is 3.97. The van der Waals surface area contributed by atoms with E-state index in [1.165, 1.54) is 6.92 Å². The minimum atomic E-state index is -5.29. The van der Waals surface area contributed by atoms with Crippen molar-refractivity contribution in [3.63, 3.8) is 0 Å². The molecule has 0 amide bonds. The lowest BCUT2D eigenvalue weighted by molar-refractivity contribution is -0.143. The summed E-state index contributed by atoms with van der Waals surface area (Å²) in [5.41, 5.74) is -7.56. The third-order valence-electron chi connectivity index (χ3n) is 3.57. The maximum absolute atomic E-state index is 13.1. The number of rotatable bonds is 3. The third kappa shape index (κ3) is 4.95. The van der Waals surface area contributed by atoms with Crippen LogP contribution in [-0.2, 0) is 25.1 Å². The second kappa shape index (κ2) is 7.43. The zero-order valence-electron chi connectivity index (χ0n) is 14.0. The first-order valence-electron chi connectivity index (χ1n) is 7.49. The summed E-state index contributed by atoms with van der Waals surface area (Å²) >= 11 is 5.54. The summed E-state index contributed by atoms with van der Waals surface area (Å²) in [5, 5.41) is 0.654. The van der Waals surface area contributed by atoms with Gasteiger partial charge in [0, 0.05) is 12.6 Å². The topological polar surface area (TPSA) is 46.9 Å². The van der Waals surface area contributed by atoms with Crippen LogP contribution in [0.1, 0.15) is 23.7 Å². The van der Waals surface area contributed by atoms with Gasteiger partial charge in [-0.2, -0.15) is 39.5 Å². The van der Waals surface area contributed by atoms with Gasteiger partial charge in [-0.15, -0.1) is 0 Å². The van der Waals surface area contributed by atoms with E-state index in [-0.39, 0.29) is 24.7 Å². The van der Waals surface area contributed by atoms with Crippen molar-refractivity contribution in [2.24, 2.45) is 0 Å². The number of aromatic nitrogens is 2. The van der Waals surface area contributed by atoms with Crippen molar-refractivity contribution in [2.45, 2.75) is 32.0 Å². The SMILES string of the molecule is CCn1c(Nc2cc(C(F)(F)F)cc(C(F)(F)F)c2Cl)nc(C(F)(F)F)cc1=O. The second-order valence-electron chi connectivity index (χ2n) is 5.55. The first kappa shape index (κ1) is 22.8. The summed E-state index contributed by atoms with van der Waals surface area (Å²) in [7, 11) is 0. The van der Waals surface area contributed by atoms with Gasteiger partial charge in [0.2, 0.25) is 5.95 Å². The van der Waals surface area contributed by atoms with E-state index in [4.69, 9.17) is 11.6 Å². The Labute approximate surface area is 160 Å². The molecule has 2 aromatic rings. The Balaban J connectivity index is 2.74. The highest BCUT2D eigenvalue weighted by Crippen LogP contribution is 2.43. The Bertz CT molecular complexity index is 977. The molecule has 1 aromatic heterocycles. The van der Waals surface area contributed by atoms with E-state index >= 15 is 0 Å². The second-order valence-corrected chi connectivity index (χ2v) is 5.93. The van der Waals surface area contributed by atoms with Crippen LogP contribution in [0.15, 0.2) is 23.0 Å². The van der Waals surface area contributed by atoms with Gasteiger partial charge < -0.3 is 5.32 Å². The molecule has 0 saturated heterocycles. The normalized spacial score (nSPS) is 12.9. The van der Waals surface area contributed by atoms with Crippen molar-refractivity contribution in [1.82, 2.24) is 9.55 Å². The van der Waals surface area contributed by atoms with Crippen LogP contribution in [0.5, 0.6) is 0 Å². The van der Waals surface area contributed by atoms with Crippen LogP contribution in [0.2, 0.25) is 5.02 Å². The number of hydrogen-bond acceptors (Lipinski definition) is 3. The number of benzene rings is 1. The van der Waals surface area contributed by atoms with E-state index in [2.05, 4.69) is 4.98 Å². The van der Waals surface area contributed by atoms with E-state index in [9.17, 15) is 44.3 Å². The van der Waals surface area contributed by atoms with Crippen molar-refractivity contribution >= 4 is 23.2 Å². The molecule has 2 rings (SSSR count).